The number of fused-ring (bicyclic) bond motifs is 3. The van der Waals surface area contributed by atoms with E-state index in [4.69, 9.17) is 35.3 Å². The molecule has 0 radical (unpaired) electrons. The van der Waals surface area contributed by atoms with Crippen LogP contribution in [0.3, 0.4) is 0 Å². The molecule has 9 rings (SSSR count). The number of carbonyl (C=O) groups excluding carboxylic acids is 1. The van der Waals surface area contributed by atoms with E-state index in [1.165, 1.54) is 38.5 Å². The fourth-order valence-electron chi connectivity index (χ4n) is 11.1. The third kappa shape index (κ3) is 7.00. The van der Waals surface area contributed by atoms with Gasteiger partial charge in [0.25, 0.3) is 0 Å². The lowest BCUT2D eigenvalue weighted by Crippen LogP contribution is -2.62. The van der Waals surface area contributed by atoms with Crippen LogP contribution >= 0.6 is 0 Å². The number of aromatic hydroxyl groups is 1. The number of anilines is 1. The fraction of sp³-hybridized carbons (Fsp3) is 0.556. The molecule has 2 aromatic carbocycles. The Balaban J connectivity index is 1.08. The summed E-state index contributed by atoms with van der Waals surface area (Å²) in [4.78, 5) is 32.7. The molecule has 3 saturated heterocycles. The van der Waals surface area contributed by atoms with E-state index >= 15 is 8.78 Å². The van der Waals surface area contributed by atoms with Crippen LogP contribution < -0.4 is 14.4 Å². The number of hydrogen-bond acceptors (Lipinski definition) is 12. The van der Waals surface area contributed by atoms with Crippen molar-refractivity contribution in [1.29, 1.82) is 0 Å². The van der Waals surface area contributed by atoms with E-state index < -0.39 is 17.2 Å². The van der Waals surface area contributed by atoms with Crippen molar-refractivity contribution in [1.82, 2.24) is 24.8 Å². The van der Waals surface area contributed by atoms with Crippen molar-refractivity contribution in [3.05, 3.63) is 41.5 Å². The van der Waals surface area contributed by atoms with Crippen molar-refractivity contribution < 1.29 is 42.7 Å². The highest BCUT2D eigenvalue weighted by Gasteiger charge is 2.53. The van der Waals surface area contributed by atoms with E-state index in [0.29, 0.717) is 30.6 Å². The van der Waals surface area contributed by atoms with Crippen LogP contribution in [0.4, 0.5) is 19.4 Å². The van der Waals surface area contributed by atoms with Gasteiger partial charge in [-0.2, -0.15) is 9.97 Å². The number of aromatic nitrogens is 3. The molecule has 2 saturated carbocycles. The number of nitrogens with zero attached hydrogens (tertiary/aromatic N) is 6. The zero-order valence-electron chi connectivity index (χ0n) is 34.4. The summed E-state index contributed by atoms with van der Waals surface area (Å²) >= 11 is 0. The molecule has 13 nitrogen and oxygen atoms in total. The number of aliphatic hydroxyl groups is 1. The van der Waals surface area contributed by atoms with Crippen LogP contribution in [-0.4, -0.2) is 126 Å². The number of ether oxygens (including phenoxy) is 4. The number of benzene rings is 2. The van der Waals surface area contributed by atoms with Crippen LogP contribution in [0.15, 0.2) is 24.3 Å². The van der Waals surface area contributed by atoms with Gasteiger partial charge in [-0.15, -0.1) is 6.42 Å². The van der Waals surface area contributed by atoms with Crippen LogP contribution in [0.2, 0.25) is 0 Å². The van der Waals surface area contributed by atoms with Crippen molar-refractivity contribution >= 4 is 33.6 Å². The maximum absolute atomic E-state index is 17.4. The molecule has 5 fully saturated rings. The minimum atomic E-state index is -1.26. The molecule has 4 aromatic rings. The molecule has 318 valence electrons. The van der Waals surface area contributed by atoms with Crippen LogP contribution in [-0.2, 0) is 9.47 Å². The van der Waals surface area contributed by atoms with Crippen LogP contribution in [0.25, 0.3) is 32.9 Å². The van der Waals surface area contributed by atoms with Crippen molar-refractivity contribution in [2.45, 2.75) is 82.4 Å². The van der Waals surface area contributed by atoms with Gasteiger partial charge in [-0.05, 0) is 88.4 Å². The summed E-state index contributed by atoms with van der Waals surface area (Å²) in [5.74, 6) is 0.889. The van der Waals surface area contributed by atoms with E-state index in [1.54, 1.807) is 11.8 Å². The van der Waals surface area contributed by atoms with Crippen molar-refractivity contribution in [3.8, 4) is 41.2 Å². The largest absolute Gasteiger partial charge is 0.508 e. The second kappa shape index (κ2) is 15.5. The Bertz CT molecular complexity index is 2370. The van der Waals surface area contributed by atoms with Gasteiger partial charge in [0, 0.05) is 53.5 Å². The zero-order valence-corrected chi connectivity index (χ0v) is 34.4. The monoisotopic (exact) mass is 826 g/mol. The number of terminal acetylenes is 1. The number of piperidine rings is 1. The van der Waals surface area contributed by atoms with Gasteiger partial charge in [0.2, 0.25) is 5.88 Å². The lowest BCUT2D eigenvalue weighted by Gasteiger charge is -2.56. The highest BCUT2D eigenvalue weighted by Crippen LogP contribution is 2.52. The Morgan fingerprint density at radius 3 is 2.55 bits per heavy atom. The van der Waals surface area contributed by atoms with Gasteiger partial charge in [0.05, 0.1) is 46.1 Å². The summed E-state index contributed by atoms with van der Waals surface area (Å²) in [6, 6.07) is 6.13. The molecule has 2 N–H and O–H groups in total. The first-order valence-electron chi connectivity index (χ1n) is 21.0. The zero-order chi connectivity index (χ0) is 42.0. The standard InChI is InChI=1S/C45H52F2N6O7/c1-5-30-32(46)10-9-27-20-29(54)21-31(34(27)30)37-36(47)38-35(40(48-37)57-3)39(51-18-19-59-25-43(2,56)22-51)50-41(49-38)60-26-45-13-6-8-33(45)53(17-7-14-45)28-11-15-44(16-12-28)23-52(24-44)42(55)58-4/h1,9-10,20-21,28,33,54,56H,6-8,11-19,22-26H2,2-4H3/t33-,43+,45-/m1/s1. The van der Waals surface area contributed by atoms with Gasteiger partial charge in [0.15, 0.2) is 5.82 Å². The van der Waals surface area contributed by atoms with Crippen molar-refractivity contribution in [3.63, 3.8) is 0 Å². The van der Waals surface area contributed by atoms with Crippen LogP contribution in [0, 0.1) is 34.8 Å². The van der Waals surface area contributed by atoms with Gasteiger partial charge < -0.3 is 39.0 Å². The van der Waals surface area contributed by atoms with Gasteiger partial charge in [-0.25, -0.2) is 18.6 Å². The molecule has 5 heterocycles. The predicted molar refractivity (Wildman–Crippen MR) is 220 cm³/mol. The quantitative estimate of drug-likeness (QED) is 0.198. The molecule has 1 spiro atoms. The molecule has 15 heteroatoms. The minimum Gasteiger partial charge on any atom is -0.508 e. The SMILES string of the molecule is C#Cc1c(F)ccc2cc(O)cc(-c3nc(OC)c4c(N5CCOC[C@@](C)(O)C5)nc(OC[C@]56CCC[C@H]5N(C5CCC7(CC5)CN(C(=O)OC)C7)CCC6)nc4c3F)c12. The number of pyridine rings is 1. The summed E-state index contributed by atoms with van der Waals surface area (Å²) in [7, 11) is 2.83. The summed E-state index contributed by atoms with van der Waals surface area (Å²) in [6.07, 6.45) is 15.0. The van der Waals surface area contributed by atoms with Crippen molar-refractivity contribution in [2.24, 2.45) is 10.8 Å². The third-order valence-electron chi connectivity index (χ3n) is 13.9. The number of phenols is 1. The maximum Gasteiger partial charge on any atom is 0.409 e. The highest BCUT2D eigenvalue weighted by molar-refractivity contribution is 6.04. The molecule has 2 aliphatic carbocycles. The predicted octanol–water partition coefficient (Wildman–Crippen LogP) is 6.43. The van der Waals surface area contributed by atoms with Gasteiger partial charge in [-0.1, -0.05) is 18.4 Å². The Hall–Kier alpha value is -5.04. The average molecular weight is 827 g/mol. The average Bonchev–Trinajstić information content (AvgIpc) is 3.58. The molecule has 0 bridgehead atoms. The number of methoxy groups -OCH3 is 2. The maximum atomic E-state index is 17.4. The molecule has 60 heavy (non-hydrogen) atoms. The Morgan fingerprint density at radius 1 is 1.02 bits per heavy atom. The fourth-order valence-corrected chi connectivity index (χ4v) is 11.1. The molecule has 2 aromatic heterocycles. The van der Waals surface area contributed by atoms with E-state index in [0.717, 1.165) is 77.4 Å². The van der Waals surface area contributed by atoms with E-state index in [-0.39, 0.29) is 93.2 Å². The van der Waals surface area contributed by atoms with Gasteiger partial charge in [0.1, 0.15) is 39.6 Å². The highest BCUT2D eigenvalue weighted by atomic mass is 19.1. The lowest BCUT2D eigenvalue weighted by molar-refractivity contribution is -0.0671. The summed E-state index contributed by atoms with van der Waals surface area (Å²) in [6.45, 7) is 5.36. The van der Waals surface area contributed by atoms with E-state index in [2.05, 4.69) is 15.8 Å². The van der Waals surface area contributed by atoms with Crippen molar-refractivity contribution in [2.75, 3.05) is 71.7 Å². The first-order valence-corrected chi connectivity index (χ1v) is 21.0. The molecule has 5 aliphatic rings. The first kappa shape index (κ1) is 40.4. The second-order valence-corrected chi connectivity index (χ2v) is 17.9. The molecule has 1 amide bonds. The van der Waals surface area contributed by atoms with Crippen LogP contribution in [0.5, 0.6) is 17.6 Å². The minimum absolute atomic E-state index is 0.0190. The molecule has 0 unspecified atom stereocenters. The number of β-amino-alcohol motifs (C(OH)–C–C–N with tert-alkyl or cyclic N) is 1. The Labute approximate surface area is 348 Å². The molecular formula is C45H52F2N6O7. The number of phenolic OH excluding ortho intramolecular Hbond substituents is 1. The number of hydrogen-bond donors (Lipinski definition) is 2. The van der Waals surface area contributed by atoms with E-state index in [1.807, 2.05) is 4.90 Å². The molecule has 3 atom stereocenters. The number of halogens is 2. The Kier molecular flexibility index (Phi) is 10.4. The summed E-state index contributed by atoms with van der Waals surface area (Å²) in [5, 5.41) is 22.8. The van der Waals surface area contributed by atoms with Crippen LogP contribution in [0.1, 0.15) is 70.3 Å². The van der Waals surface area contributed by atoms with Gasteiger partial charge >= 0.3 is 12.1 Å². The Morgan fingerprint density at radius 2 is 1.80 bits per heavy atom. The lowest BCUT2D eigenvalue weighted by atomic mass is 9.66. The number of rotatable bonds is 7. The topological polar surface area (TPSA) is 143 Å². The molecule has 3 aliphatic heterocycles. The normalized spacial score (nSPS) is 25.8. The first-order chi connectivity index (χ1) is 28.9. The smallest absolute Gasteiger partial charge is 0.409 e. The number of likely N-dealkylation sites (tertiary alicyclic amines) is 2. The molecular weight excluding hydrogens is 775 g/mol. The third-order valence-corrected chi connectivity index (χ3v) is 13.9. The summed E-state index contributed by atoms with van der Waals surface area (Å²) in [5.41, 5.74) is -1.67. The summed E-state index contributed by atoms with van der Waals surface area (Å²) < 4.78 is 55.8. The number of carbonyl (C=O) groups is 1. The van der Waals surface area contributed by atoms with E-state index in [9.17, 15) is 15.0 Å². The number of amides is 1. The second-order valence-electron chi connectivity index (χ2n) is 17.9. The van der Waals surface area contributed by atoms with Gasteiger partial charge in [-0.3, -0.25) is 4.90 Å².